The van der Waals surface area contributed by atoms with E-state index in [2.05, 4.69) is 6.92 Å². The first-order valence-electron chi connectivity index (χ1n) is 11.8. The lowest BCUT2D eigenvalue weighted by atomic mass is 10.0. The second kappa shape index (κ2) is 12.8. The molecule has 1 unspecified atom stereocenters. The summed E-state index contributed by atoms with van der Waals surface area (Å²) < 4.78 is 33.9. The third-order valence-electron chi connectivity index (χ3n) is 5.91. The Bertz CT molecular complexity index is 977. The van der Waals surface area contributed by atoms with E-state index in [4.69, 9.17) is 4.74 Å². The zero-order valence-corrected chi connectivity index (χ0v) is 20.8. The number of hydrogen-bond donors (Lipinski definition) is 1. The van der Waals surface area contributed by atoms with Gasteiger partial charge in [-0.3, -0.25) is 0 Å². The van der Waals surface area contributed by atoms with E-state index in [-0.39, 0.29) is 0 Å². The molecule has 0 aliphatic carbocycles. The first-order valence-corrected chi connectivity index (χ1v) is 13.2. The molecule has 0 aliphatic rings. The lowest BCUT2D eigenvalue weighted by Gasteiger charge is -2.25. The summed E-state index contributed by atoms with van der Waals surface area (Å²) in [4.78, 5) is 11.9. The molecular weight excluding hydrogens is 438 g/mol. The third kappa shape index (κ3) is 7.86. The molecule has 0 saturated heterocycles. The van der Waals surface area contributed by atoms with Gasteiger partial charge < -0.3 is 9.84 Å². The number of aliphatic carboxylic acids is 1. The molecule has 7 heteroatoms. The maximum atomic E-state index is 13.3. The normalized spacial score (nSPS) is 13.6. The van der Waals surface area contributed by atoms with Crippen molar-refractivity contribution in [1.82, 2.24) is 4.31 Å². The third-order valence-corrected chi connectivity index (χ3v) is 7.82. The quantitative estimate of drug-likeness (QED) is 0.343. The fourth-order valence-electron chi connectivity index (χ4n) is 3.53. The topological polar surface area (TPSA) is 83.9 Å². The summed E-state index contributed by atoms with van der Waals surface area (Å²) in [6.45, 7) is 6.30. The summed E-state index contributed by atoms with van der Waals surface area (Å²) >= 11 is 0. The van der Waals surface area contributed by atoms with Gasteiger partial charge in [-0.1, -0.05) is 69.9 Å². The van der Waals surface area contributed by atoms with Crippen LogP contribution in [0.2, 0.25) is 0 Å². The minimum atomic E-state index is -3.59. The van der Waals surface area contributed by atoms with E-state index in [1.807, 2.05) is 12.1 Å². The molecule has 2 aromatic carbocycles. The number of nitrogens with zero attached hydrogens (tertiary/aromatic N) is 1. The minimum absolute atomic E-state index is 0.302. The Balaban J connectivity index is 2.14. The molecule has 0 spiro atoms. The molecule has 0 radical (unpaired) electrons. The molecule has 182 valence electrons. The van der Waals surface area contributed by atoms with Crippen LogP contribution in [0.4, 0.5) is 0 Å². The molecule has 0 heterocycles. The molecule has 6 nitrogen and oxygen atoms in total. The van der Waals surface area contributed by atoms with Gasteiger partial charge in [0.2, 0.25) is 15.6 Å². The molecule has 0 fully saturated rings. The van der Waals surface area contributed by atoms with E-state index in [1.165, 1.54) is 0 Å². The molecule has 0 aromatic heterocycles. The monoisotopic (exact) mass is 475 g/mol. The fraction of sp³-hybridized carbons (Fsp3) is 0.500. The second-order valence-corrected chi connectivity index (χ2v) is 10.5. The van der Waals surface area contributed by atoms with Crippen LogP contribution in [0.3, 0.4) is 0 Å². The largest absolute Gasteiger partial charge is 0.478 e. The number of hydrogen-bond acceptors (Lipinski definition) is 4. The van der Waals surface area contributed by atoms with Gasteiger partial charge in [-0.15, -0.1) is 0 Å². The van der Waals surface area contributed by atoms with Gasteiger partial charge >= 0.3 is 5.97 Å². The van der Waals surface area contributed by atoms with Crippen molar-refractivity contribution in [2.75, 3.05) is 13.1 Å². The van der Waals surface area contributed by atoms with Crippen LogP contribution in [-0.4, -0.2) is 42.5 Å². The van der Waals surface area contributed by atoms with Crippen molar-refractivity contribution in [3.8, 4) is 5.75 Å². The van der Waals surface area contributed by atoms with Crippen molar-refractivity contribution >= 4 is 16.0 Å². The maximum Gasteiger partial charge on any atom is 0.347 e. The number of carbonyl (C=O) groups is 1. The Morgan fingerprint density at radius 2 is 1.67 bits per heavy atom. The predicted molar refractivity (Wildman–Crippen MR) is 131 cm³/mol. The number of sulfonamides is 1. The Morgan fingerprint density at radius 3 is 2.30 bits per heavy atom. The number of benzene rings is 2. The second-order valence-electron chi connectivity index (χ2n) is 8.52. The van der Waals surface area contributed by atoms with E-state index in [0.717, 1.165) is 37.7 Å². The van der Waals surface area contributed by atoms with Gasteiger partial charge in [0.25, 0.3) is 0 Å². The smallest absolute Gasteiger partial charge is 0.347 e. The highest BCUT2D eigenvalue weighted by atomic mass is 32.2. The fourth-order valence-corrected chi connectivity index (χ4v) is 5.03. The molecule has 0 bridgehead atoms. The van der Waals surface area contributed by atoms with Gasteiger partial charge in [0.1, 0.15) is 5.75 Å². The Kier molecular flexibility index (Phi) is 10.4. The molecule has 2 aromatic rings. The molecule has 1 atom stereocenters. The Morgan fingerprint density at radius 1 is 0.970 bits per heavy atom. The average molecular weight is 476 g/mol. The van der Waals surface area contributed by atoms with E-state index < -0.39 is 21.6 Å². The van der Waals surface area contributed by atoms with Gasteiger partial charge in [-0.2, -0.15) is 4.31 Å². The van der Waals surface area contributed by atoms with Crippen molar-refractivity contribution in [3.63, 3.8) is 0 Å². The minimum Gasteiger partial charge on any atom is -0.478 e. The van der Waals surface area contributed by atoms with Crippen LogP contribution < -0.4 is 4.74 Å². The van der Waals surface area contributed by atoms with E-state index >= 15 is 0 Å². The Labute approximate surface area is 198 Å². The summed E-state index contributed by atoms with van der Waals surface area (Å²) in [6.07, 6.45) is 6.07. The standard InChI is InChI=1S/C26H37NO5S/c1-4-6-7-8-12-19-27(33(30,31)24-16-10-9-11-17-24)20-18-22-14-13-15-23(21-22)32-26(3,5-2)25(28)29/h9-11,13-17,21H,4-8,12,18-20H2,1-3H3,(H,28,29). The summed E-state index contributed by atoms with van der Waals surface area (Å²) in [5.41, 5.74) is -0.407. The SMILES string of the molecule is CCCCCCCN(CCc1cccc(OC(C)(CC)C(=O)O)c1)S(=O)(=O)c1ccccc1. The van der Waals surface area contributed by atoms with E-state index in [0.29, 0.717) is 36.6 Å². The first-order chi connectivity index (χ1) is 15.7. The van der Waals surface area contributed by atoms with Gasteiger partial charge in [0.15, 0.2) is 0 Å². The molecule has 2 rings (SSSR count). The highest BCUT2D eigenvalue weighted by Gasteiger charge is 2.33. The van der Waals surface area contributed by atoms with Crippen LogP contribution in [0.1, 0.15) is 64.9 Å². The molecular formula is C26H37NO5S. The number of carboxylic acids is 1. The van der Waals surface area contributed by atoms with Crippen molar-refractivity contribution in [2.45, 2.75) is 76.2 Å². The van der Waals surface area contributed by atoms with Crippen LogP contribution in [0.5, 0.6) is 5.75 Å². The van der Waals surface area contributed by atoms with Crippen molar-refractivity contribution < 1.29 is 23.1 Å². The van der Waals surface area contributed by atoms with Gasteiger partial charge in [-0.25, -0.2) is 13.2 Å². The van der Waals surface area contributed by atoms with Crippen LogP contribution in [-0.2, 0) is 21.2 Å². The van der Waals surface area contributed by atoms with E-state index in [1.54, 1.807) is 60.6 Å². The molecule has 1 N–H and O–H groups in total. The Hall–Kier alpha value is -2.38. The lowest BCUT2D eigenvalue weighted by Crippen LogP contribution is -2.40. The van der Waals surface area contributed by atoms with Crippen LogP contribution >= 0.6 is 0 Å². The lowest BCUT2D eigenvalue weighted by molar-refractivity contribution is -0.154. The molecule has 0 amide bonds. The first kappa shape index (κ1) is 26.9. The highest BCUT2D eigenvalue weighted by molar-refractivity contribution is 7.89. The van der Waals surface area contributed by atoms with Crippen molar-refractivity contribution in [1.29, 1.82) is 0 Å². The zero-order valence-electron chi connectivity index (χ0n) is 20.0. The number of rotatable bonds is 15. The average Bonchev–Trinajstić information content (AvgIpc) is 2.81. The number of ether oxygens (including phenoxy) is 1. The number of carboxylic acid groups (broad SMARTS) is 1. The van der Waals surface area contributed by atoms with Crippen molar-refractivity contribution in [3.05, 3.63) is 60.2 Å². The summed E-state index contributed by atoms with van der Waals surface area (Å²) in [7, 11) is -3.59. The molecule has 33 heavy (non-hydrogen) atoms. The van der Waals surface area contributed by atoms with Crippen molar-refractivity contribution in [2.24, 2.45) is 0 Å². The number of unbranched alkanes of at least 4 members (excludes halogenated alkanes) is 4. The summed E-state index contributed by atoms with van der Waals surface area (Å²) in [5, 5.41) is 9.48. The molecule has 0 aliphatic heterocycles. The van der Waals surface area contributed by atoms with Gasteiger partial charge in [0, 0.05) is 13.1 Å². The molecule has 0 saturated carbocycles. The highest BCUT2D eigenvalue weighted by Crippen LogP contribution is 2.24. The predicted octanol–water partition coefficient (Wildman–Crippen LogP) is 5.52. The van der Waals surface area contributed by atoms with E-state index in [9.17, 15) is 18.3 Å². The van der Waals surface area contributed by atoms with Crippen LogP contribution in [0.25, 0.3) is 0 Å². The van der Waals surface area contributed by atoms with Crippen LogP contribution in [0.15, 0.2) is 59.5 Å². The zero-order chi connectivity index (χ0) is 24.3. The van der Waals surface area contributed by atoms with Gasteiger partial charge in [0.05, 0.1) is 4.90 Å². The van der Waals surface area contributed by atoms with Crippen LogP contribution in [0, 0.1) is 0 Å². The maximum absolute atomic E-state index is 13.3. The summed E-state index contributed by atoms with van der Waals surface area (Å²) in [6, 6.07) is 15.8. The van der Waals surface area contributed by atoms with Gasteiger partial charge in [-0.05, 0) is 56.0 Å². The summed E-state index contributed by atoms with van der Waals surface area (Å²) in [5.74, 6) is -0.546.